The van der Waals surface area contributed by atoms with Crippen LogP contribution in [0, 0.1) is 34.0 Å². The minimum atomic E-state index is -0.416. The first-order chi connectivity index (χ1) is 14.3. The van der Waals surface area contributed by atoms with Gasteiger partial charge in [0.1, 0.15) is 6.29 Å². The highest BCUT2D eigenvalue weighted by Crippen LogP contribution is 2.80. The van der Waals surface area contributed by atoms with Gasteiger partial charge in [-0.05, 0) is 85.0 Å². The average molecular weight is 417 g/mol. The SMILES string of the molecule is COC(=O)CC(C=O)C1CC=C(CC[C@]2(C)[C@H]3CCC[C@@]4(C)C[C@@]34CC[C@@H]2C)CO1. The largest absolute Gasteiger partial charge is 0.469 e. The number of carbonyl (C=O) groups excluding carboxylic acids is 2. The van der Waals surface area contributed by atoms with E-state index in [1.54, 1.807) is 0 Å². The summed E-state index contributed by atoms with van der Waals surface area (Å²) in [5.74, 6) is 0.900. The van der Waals surface area contributed by atoms with Gasteiger partial charge in [-0.2, -0.15) is 0 Å². The Bertz CT molecular complexity index is 714. The maximum atomic E-state index is 11.5. The quantitative estimate of drug-likeness (QED) is 0.313. The fourth-order valence-electron chi connectivity index (χ4n) is 7.67. The van der Waals surface area contributed by atoms with Crippen LogP contribution in [-0.2, 0) is 19.1 Å². The van der Waals surface area contributed by atoms with E-state index in [4.69, 9.17) is 9.47 Å². The summed E-state index contributed by atoms with van der Waals surface area (Å²) in [5, 5.41) is 0. The van der Waals surface area contributed by atoms with Crippen LogP contribution in [0.15, 0.2) is 11.6 Å². The molecule has 0 aromatic heterocycles. The molecule has 2 unspecified atom stereocenters. The summed E-state index contributed by atoms with van der Waals surface area (Å²) in [6, 6.07) is 0. The number of carbonyl (C=O) groups is 2. The third kappa shape index (κ3) is 3.57. The van der Waals surface area contributed by atoms with E-state index in [0.29, 0.717) is 29.3 Å². The topological polar surface area (TPSA) is 52.6 Å². The first-order valence-corrected chi connectivity index (χ1v) is 12.1. The standard InChI is InChI=1S/C26H40O4/c1-18-9-13-26-17-24(26,2)11-5-6-22(26)25(18,3)12-10-19-7-8-21(30-16-19)20(15-27)14-23(28)29-4/h7,15,18,20-22H,5-6,8-14,16-17H2,1-4H3/t18-,20?,21?,22+,24-,25-,26-/m0/s1. The summed E-state index contributed by atoms with van der Waals surface area (Å²) in [6.45, 7) is 8.22. The number of ether oxygens (including phenoxy) is 2. The molecular formula is C26H40O4. The summed E-state index contributed by atoms with van der Waals surface area (Å²) in [4.78, 5) is 23.0. The zero-order valence-corrected chi connectivity index (χ0v) is 19.4. The lowest BCUT2D eigenvalue weighted by Crippen LogP contribution is -2.47. The molecule has 3 saturated carbocycles. The van der Waals surface area contributed by atoms with E-state index in [-0.39, 0.29) is 18.5 Å². The van der Waals surface area contributed by atoms with Crippen LogP contribution < -0.4 is 0 Å². The second kappa shape index (κ2) is 8.07. The van der Waals surface area contributed by atoms with Crippen molar-refractivity contribution in [2.75, 3.05) is 13.7 Å². The Labute approximate surface area is 182 Å². The lowest BCUT2D eigenvalue weighted by molar-refractivity contribution is -0.144. The Hall–Kier alpha value is -1.16. The Balaban J connectivity index is 1.38. The predicted molar refractivity (Wildman–Crippen MR) is 117 cm³/mol. The van der Waals surface area contributed by atoms with Gasteiger partial charge in [0.05, 0.1) is 32.2 Å². The number of esters is 1. The highest BCUT2D eigenvalue weighted by Gasteiger charge is 2.72. The minimum absolute atomic E-state index is 0.103. The zero-order valence-electron chi connectivity index (χ0n) is 19.4. The second-order valence-electron chi connectivity index (χ2n) is 11.3. The van der Waals surface area contributed by atoms with E-state index in [2.05, 4.69) is 26.8 Å². The van der Waals surface area contributed by atoms with Gasteiger partial charge in [-0.1, -0.05) is 33.3 Å². The van der Waals surface area contributed by atoms with Crippen molar-refractivity contribution < 1.29 is 19.1 Å². The smallest absolute Gasteiger partial charge is 0.306 e. The van der Waals surface area contributed by atoms with Gasteiger partial charge < -0.3 is 14.3 Å². The molecule has 1 heterocycles. The molecule has 3 aliphatic carbocycles. The van der Waals surface area contributed by atoms with Gasteiger partial charge in [-0.3, -0.25) is 4.79 Å². The lowest BCUT2D eigenvalue weighted by Gasteiger charge is -2.55. The minimum Gasteiger partial charge on any atom is -0.469 e. The molecule has 7 atom stereocenters. The summed E-state index contributed by atoms with van der Waals surface area (Å²) in [7, 11) is 1.36. The van der Waals surface area contributed by atoms with Crippen molar-refractivity contribution in [3.05, 3.63) is 11.6 Å². The highest BCUT2D eigenvalue weighted by atomic mass is 16.5. The van der Waals surface area contributed by atoms with Crippen molar-refractivity contribution in [1.29, 1.82) is 0 Å². The molecular weight excluding hydrogens is 376 g/mol. The Morgan fingerprint density at radius 1 is 1.33 bits per heavy atom. The van der Waals surface area contributed by atoms with E-state index >= 15 is 0 Å². The molecule has 1 aliphatic heterocycles. The van der Waals surface area contributed by atoms with E-state index in [1.807, 2.05) is 0 Å². The average Bonchev–Trinajstić information content (AvgIpc) is 3.39. The molecule has 0 aromatic carbocycles. The maximum Gasteiger partial charge on any atom is 0.306 e. The summed E-state index contributed by atoms with van der Waals surface area (Å²) in [6.07, 6.45) is 14.6. The molecule has 4 heteroatoms. The van der Waals surface area contributed by atoms with Gasteiger partial charge in [0, 0.05) is 0 Å². The predicted octanol–water partition coefficient (Wildman–Crippen LogP) is 5.49. The first kappa shape index (κ1) is 22.0. The van der Waals surface area contributed by atoms with Crippen molar-refractivity contribution in [2.45, 2.75) is 91.1 Å². The first-order valence-electron chi connectivity index (χ1n) is 12.1. The zero-order chi connectivity index (χ0) is 21.6. The molecule has 4 rings (SSSR count). The van der Waals surface area contributed by atoms with Crippen molar-refractivity contribution in [3.63, 3.8) is 0 Å². The molecule has 0 N–H and O–H groups in total. The monoisotopic (exact) mass is 416 g/mol. The van der Waals surface area contributed by atoms with E-state index in [0.717, 1.165) is 24.5 Å². The van der Waals surface area contributed by atoms with Gasteiger partial charge in [0.15, 0.2) is 0 Å². The van der Waals surface area contributed by atoms with Gasteiger partial charge in [-0.15, -0.1) is 0 Å². The summed E-state index contributed by atoms with van der Waals surface area (Å²) >= 11 is 0. The highest BCUT2D eigenvalue weighted by molar-refractivity contribution is 5.74. The Morgan fingerprint density at radius 3 is 2.80 bits per heavy atom. The van der Waals surface area contributed by atoms with Gasteiger partial charge >= 0.3 is 5.97 Å². The molecule has 0 bridgehead atoms. The third-order valence-corrected chi connectivity index (χ3v) is 10.0. The Morgan fingerprint density at radius 2 is 2.13 bits per heavy atom. The van der Waals surface area contributed by atoms with Crippen molar-refractivity contribution in [2.24, 2.45) is 34.0 Å². The molecule has 0 saturated heterocycles. The molecule has 4 aliphatic rings. The third-order valence-electron chi connectivity index (χ3n) is 10.0. The number of methoxy groups -OCH3 is 1. The van der Waals surface area contributed by atoms with Crippen LogP contribution in [0.3, 0.4) is 0 Å². The molecule has 0 radical (unpaired) electrons. The number of aldehydes is 1. The molecule has 30 heavy (non-hydrogen) atoms. The van der Waals surface area contributed by atoms with Crippen LogP contribution >= 0.6 is 0 Å². The summed E-state index contributed by atoms with van der Waals surface area (Å²) in [5.41, 5.74) is 3.06. The molecule has 1 spiro atoms. The van der Waals surface area contributed by atoms with E-state index < -0.39 is 5.92 Å². The molecule has 0 aromatic rings. The lowest BCUT2D eigenvalue weighted by atomic mass is 9.50. The maximum absolute atomic E-state index is 11.5. The number of hydrogen-bond donors (Lipinski definition) is 0. The fraction of sp³-hybridized carbons (Fsp3) is 0.846. The molecule has 4 nitrogen and oxygen atoms in total. The van der Waals surface area contributed by atoms with Crippen LogP contribution in [0.2, 0.25) is 0 Å². The molecule has 0 amide bonds. The van der Waals surface area contributed by atoms with Crippen LogP contribution in [0.5, 0.6) is 0 Å². The fourth-order valence-corrected chi connectivity index (χ4v) is 7.67. The Kier molecular flexibility index (Phi) is 5.93. The molecule has 3 fully saturated rings. The number of rotatable bonds is 7. The van der Waals surface area contributed by atoms with E-state index in [1.165, 1.54) is 57.6 Å². The van der Waals surface area contributed by atoms with Crippen LogP contribution in [0.25, 0.3) is 0 Å². The van der Waals surface area contributed by atoms with Crippen molar-refractivity contribution in [1.82, 2.24) is 0 Å². The normalized spacial score (nSPS) is 43.6. The van der Waals surface area contributed by atoms with Gasteiger partial charge in [0.25, 0.3) is 0 Å². The van der Waals surface area contributed by atoms with Crippen LogP contribution in [-0.4, -0.2) is 32.1 Å². The second-order valence-corrected chi connectivity index (χ2v) is 11.3. The van der Waals surface area contributed by atoms with Crippen molar-refractivity contribution in [3.8, 4) is 0 Å². The van der Waals surface area contributed by atoms with Crippen LogP contribution in [0.1, 0.15) is 85.0 Å². The van der Waals surface area contributed by atoms with E-state index in [9.17, 15) is 9.59 Å². The van der Waals surface area contributed by atoms with Gasteiger partial charge in [0.2, 0.25) is 0 Å². The molecule has 168 valence electrons. The summed E-state index contributed by atoms with van der Waals surface area (Å²) < 4.78 is 10.7. The van der Waals surface area contributed by atoms with Crippen LogP contribution in [0.4, 0.5) is 0 Å². The van der Waals surface area contributed by atoms with Crippen molar-refractivity contribution >= 4 is 12.3 Å². The number of hydrogen-bond acceptors (Lipinski definition) is 4. The van der Waals surface area contributed by atoms with Gasteiger partial charge in [-0.25, -0.2) is 0 Å².